The van der Waals surface area contributed by atoms with Crippen LogP contribution in [0.2, 0.25) is 0 Å². The van der Waals surface area contributed by atoms with Crippen molar-refractivity contribution in [2.75, 3.05) is 13.6 Å². The molecule has 1 saturated heterocycles. The molecule has 1 aromatic heterocycles. The zero-order valence-electron chi connectivity index (χ0n) is 9.06. The van der Waals surface area contributed by atoms with Gasteiger partial charge in [-0.3, -0.25) is 9.88 Å². The fourth-order valence-electron chi connectivity index (χ4n) is 2.84. The van der Waals surface area contributed by atoms with E-state index in [1.54, 1.807) is 0 Å². The van der Waals surface area contributed by atoms with Gasteiger partial charge in [0.05, 0.1) is 0 Å². The molecule has 0 radical (unpaired) electrons. The molecular formula is C13H16N2. The summed E-state index contributed by atoms with van der Waals surface area (Å²) < 4.78 is 0. The molecule has 0 aromatic carbocycles. The minimum Gasteiger partial charge on any atom is -0.299 e. The van der Waals surface area contributed by atoms with E-state index in [2.05, 4.69) is 29.1 Å². The lowest BCUT2D eigenvalue weighted by Gasteiger charge is -2.42. The van der Waals surface area contributed by atoms with Crippen molar-refractivity contribution in [3.8, 4) is 0 Å². The summed E-state index contributed by atoms with van der Waals surface area (Å²) in [6.45, 7) is 1.21. The van der Waals surface area contributed by atoms with Crippen molar-refractivity contribution in [1.82, 2.24) is 9.88 Å². The van der Waals surface area contributed by atoms with Crippen LogP contribution in [0.25, 0.3) is 5.57 Å². The summed E-state index contributed by atoms with van der Waals surface area (Å²) >= 11 is 0. The van der Waals surface area contributed by atoms with E-state index in [1.165, 1.54) is 30.5 Å². The van der Waals surface area contributed by atoms with E-state index >= 15 is 0 Å². The largest absolute Gasteiger partial charge is 0.299 e. The summed E-state index contributed by atoms with van der Waals surface area (Å²) in [7, 11) is 2.23. The second-order valence-electron chi connectivity index (χ2n) is 4.64. The van der Waals surface area contributed by atoms with Gasteiger partial charge in [0.1, 0.15) is 0 Å². The Hall–Kier alpha value is -1.15. The molecule has 0 N–H and O–H groups in total. The molecule has 1 aromatic rings. The standard InChI is InChI=1S/C13H16N2/c1-15-9-11-4-5-12(15)7-13(11)10-3-2-6-14-8-10/h2-3,6-8,11-12H,4-5,9H2,1H3. The van der Waals surface area contributed by atoms with Gasteiger partial charge in [-0.2, -0.15) is 0 Å². The Labute approximate surface area is 90.6 Å². The van der Waals surface area contributed by atoms with Gasteiger partial charge in [-0.15, -0.1) is 0 Å². The van der Waals surface area contributed by atoms with Gasteiger partial charge in [0.15, 0.2) is 0 Å². The second kappa shape index (κ2) is 3.46. The highest BCUT2D eigenvalue weighted by molar-refractivity contribution is 5.69. The van der Waals surface area contributed by atoms with Gasteiger partial charge in [-0.1, -0.05) is 12.1 Å². The maximum Gasteiger partial charge on any atom is 0.0343 e. The average Bonchev–Trinajstić information content (AvgIpc) is 2.31. The molecule has 1 aliphatic carbocycles. The minimum atomic E-state index is 0.658. The molecule has 4 rings (SSSR count). The molecule has 3 heterocycles. The van der Waals surface area contributed by atoms with Gasteiger partial charge in [-0.05, 0) is 43.0 Å². The Morgan fingerprint density at radius 2 is 2.33 bits per heavy atom. The zero-order valence-corrected chi connectivity index (χ0v) is 9.06. The highest BCUT2D eigenvalue weighted by Crippen LogP contribution is 2.38. The Kier molecular flexibility index (Phi) is 2.10. The molecule has 1 fully saturated rings. The molecule has 0 amide bonds. The third-order valence-electron chi connectivity index (χ3n) is 3.69. The number of fused-ring (bicyclic) bond motifs is 2. The number of rotatable bonds is 1. The lowest BCUT2D eigenvalue weighted by atomic mass is 9.78. The van der Waals surface area contributed by atoms with E-state index in [4.69, 9.17) is 0 Å². The van der Waals surface area contributed by atoms with E-state index in [9.17, 15) is 0 Å². The number of piperidine rings is 1. The predicted molar refractivity (Wildman–Crippen MR) is 61.4 cm³/mol. The number of hydrogen-bond acceptors (Lipinski definition) is 2. The highest BCUT2D eigenvalue weighted by atomic mass is 15.1. The quantitative estimate of drug-likeness (QED) is 0.691. The molecule has 78 valence electrons. The van der Waals surface area contributed by atoms with Gasteiger partial charge in [-0.25, -0.2) is 0 Å². The molecular weight excluding hydrogens is 184 g/mol. The van der Waals surface area contributed by atoms with Crippen molar-refractivity contribution in [3.05, 3.63) is 36.2 Å². The maximum absolute atomic E-state index is 4.21. The van der Waals surface area contributed by atoms with Crippen LogP contribution < -0.4 is 0 Å². The Morgan fingerprint density at radius 3 is 2.93 bits per heavy atom. The van der Waals surface area contributed by atoms with Crippen LogP contribution in [0.15, 0.2) is 30.6 Å². The number of nitrogens with zero attached hydrogens (tertiary/aromatic N) is 2. The van der Waals surface area contributed by atoms with Gasteiger partial charge >= 0.3 is 0 Å². The third kappa shape index (κ3) is 1.49. The summed E-state index contributed by atoms with van der Waals surface area (Å²) in [6.07, 6.45) is 8.94. The predicted octanol–water partition coefficient (Wildman–Crippen LogP) is 2.19. The van der Waals surface area contributed by atoms with E-state index in [1.807, 2.05) is 18.5 Å². The van der Waals surface area contributed by atoms with Crippen molar-refractivity contribution < 1.29 is 0 Å². The SMILES string of the molecule is CN1CC2CCC1C=C2c1cccnc1. The summed E-state index contributed by atoms with van der Waals surface area (Å²) in [4.78, 5) is 6.67. The van der Waals surface area contributed by atoms with Crippen LogP contribution in [0.4, 0.5) is 0 Å². The van der Waals surface area contributed by atoms with Crippen molar-refractivity contribution in [2.45, 2.75) is 18.9 Å². The first-order valence-corrected chi connectivity index (χ1v) is 5.67. The van der Waals surface area contributed by atoms with Gasteiger partial charge < -0.3 is 0 Å². The lowest BCUT2D eigenvalue weighted by molar-refractivity contribution is 0.178. The third-order valence-corrected chi connectivity index (χ3v) is 3.69. The zero-order chi connectivity index (χ0) is 10.3. The first-order chi connectivity index (χ1) is 7.34. The molecule has 3 aliphatic rings. The molecule has 0 saturated carbocycles. The van der Waals surface area contributed by atoms with Crippen LogP contribution in [0, 0.1) is 5.92 Å². The lowest BCUT2D eigenvalue weighted by Crippen LogP contribution is -2.43. The molecule has 2 heteroatoms. The van der Waals surface area contributed by atoms with Crippen molar-refractivity contribution in [2.24, 2.45) is 5.92 Å². The molecule has 2 atom stereocenters. The second-order valence-corrected chi connectivity index (χ2v) is 4.64. The van der Waals surface area contributed by atoms with Gasteiger partial charge in [0.25, 0.3) is 0 Å². The normalized spacial score (nSPS) is 30.3. The topological polar surface area (TPSA) is 16.1 Å². The van der Waals surface area contributed by atoms with E-state index < -0.39 is 0 Å². The fourth-order valence-corrected chi connectivity index (χ4v) is 2.84. The Morgan fingerprint density at radius 1 is 1.40 bits per heavy atom. The van der Waals surface area contributed by atoms with Crippen LogP contribution in [0.5, 0.6) is 0 Å². The van der Waals surface area contributed by atoms with Crippen molar-refractivity contribution in [1.29, 1.82) is 0 Å². The van der Waals surface area contributed by atoms with E-state index in [-0.39, 0.29) is 0 Å². The Bertz CT molecular complexity index is 383. The van der Waals surface area contributed by atoms with Crippen LogP contribution in [0.3, 0.4) is 0 Å². The molecule has 2 bridgehead atoms. The maximum atomic E-state index is 4.21. The monoisotopic (exact) mass is 200 g/mol. The minimum absolute atomic E-state index is 0.658. The molecule has 0 spiro atoms. The van der Waals surface area contributed by atoms with E-state index in [0.29, 0.717) is 6.04 Å². The fraction of sp³-hybridized carbons (Fsp3) is 0.462. The molecule has 15 heavy (non-hydrogen) atoms. The van der Waals surface area contributed by atoms with Gasteiger partial charge in [0, 0.05) is 25.0 Å². The number of hydrogen-bond donors (Lipinski definition) is 0. The molecule has 2 nitrogen and oxygen atoms in total. The van der Waals surface area contributed by atoms with Crippen molar-refractivity contribution >= 4 is 5.57 Å². The summed E-state index contributed by atoms with van der Waals surface area (Å²) in [5.41, 5.74) is 2.85. The molecule has 2 unspecified atom stereocenters. The highest BCUT2D eigenvalue weighted by Gasteiger charge is 2.32. The first kappa shape index (κ1) is 9.10. The van der Waals surface area contributed by atoms with Crippen molar-refractivity contribution in [3.63, 3.8) is 0 Å². The number of aromatic nitrogens is 1. The number of likely N-dealkylation sites (N-methyl/N-ethyl adjacent to an activating group) is 1. The summed E-state index contributed by atoms with van der Waals surface area (Å²) in [5, 5.41) is 0. The summed E-state index contributed by atoms with van der Waals surface area (Å²) in [5.74, 6) is 0.726. The van der Waals surface area contributed by atoms with Crippen LogP contribution in [0.1, 0.15) is 18.4 Å². The average molecular weight is 200 g/mol. The van der Waals surface area contributed by atoms with Gasteiger partial charge in [0.2, 0.25) is 0 Å². The van der Waals surface area contributed by atoms with Crippen LogP contribution >= 0.6 is 0 Å². The molecule has 2 aliphatic heterocycles. The van der Waals surface area contributed by atoms with Crippen LogP contribution in [-0.2, 0) is 0 Å². The van der Waals surface area contributed by atoms with Crippen LogP contribution in [-0.4, -0.2) is 29.5 Å². The van der Waals surface area contributed by atoms with E-state index in [0.717, 1.165) is 5.92 Å². The Balaban J connectivity index is 1.98. The number of pyridine rings is 1. The smallest absolute Gasteiger partial charge is 0.0343 e. The summed E-state index contributed by atoms with van der Waals surface area (Å²) in [6, 6.07) is 4.87. The first-order valence-electron chi connectivity index (χ1n) is 5.67.